The molecule has 1 aromatic heterocycles. The second kappa shape index (κ2) is 10.2. The van der Waals surface area contributed by atoms with Crippen molar-refractivity contribution in [3.8, 4) is 0 Å². The zero-order valence-electron chi connectivity index (χ0n) is 17.4. The van der Waals surface area contributed by atoms with Gasteiger partial charge in [-0.05, 0) is 73.8 Å². The summed E-state index contributed by atoms with van der Waals surface area (Å²) in [5, 5.41) is 6.42. The smallest absolute Gasteiger partial charge is 0.258 e. The molecule has 160 valence electrons. The molecule has 4 rings (SSSR count). The average molecular weight is 419 g/mol. The lowest BCUT2D eigenvalue weighted by molar-refractivity contribution is 0.102. The molecule has 3 aromatic rings. The summed E-state index contributed by atoms with van der Waals surface area (Å²) in [4.78, 5) is 18.8. The number of benzene rings is 2. The number of aromatic nitrogens is 1. The number of nitrogens with zero attached hydrogens (tertiary/aromatic N) is 2. The average Bonchev–Trinajstić information content (AvgIpc) is 2.81. The van der Waals surface area contributed by atoms with Crippen LogP contribution in [0.25, 0.3) is 0 Å². The number of piperidine rings is 1. The predicted octanol–water partition coefficient (Wildman–Crippen LogP) is 4.27. The van der Waals surface area contributed by atoms with Crippen molar-refractivity contribution in [1.82, 2.24) is 10.3 Å². The van der Waals surface area contributed by atoms with Gasteiger partial charge in [-0.3, -0.25) is 9.78 Å². The molecule has 1 aliphatic rings. The highest BCUT2D eigenvalue weighted by Gasteiger charge is 2.19. The highest BCUT2D eigenvalue weighted by molar-refractivity contribution is 6.04. The van der Waals surface area contributed by atoms with E-state index in [1.807, 2.05) is 36.5 Å². The van der Waals surface area contributed by atoms with Crippen LogP contribution < -0.4 is 15.5 Å². The summed E-state index contributed by atoms with van der Waals surface area (Å²) in [6.45, 7) is 2.95. The number of amides is 1. The zero-order chi connectivity index (χ0) is 21.5. The van der Waals surface area contributed by atoms with Crippen molar-refractivity contribution in [1.29, 1.82) is 0 Å². The number of nitrogens with one attached hydrogen (secondary N) is 2. The molecular weight excluding hydrogens is 391 g/mol. The standard InChI is InChI=1S/C25H27FN4O/c26-24-6-2-1-5-23(24)25(31)29-21-7-9-22(10-8-21)30-16-12-20(13-17-30)28-15-11-19-4-3-14-27-18-19/h1-10,14,18,20,28H,11-13,15-17H2,(H,29,31). The summed E-state index contributed by atoms with van der Waals surface area (Å²) in [5.74, 6) is -0.961. The molecule has 1 aliphatic heterocycles. The Morgan fingerprint density at radius 2 is 1.81 bits per heavy atom. The largest absolute Gasteiger partial charge is 0.371 e. The van der Waals surface area contributed by atoms with Crippen molar-refractivity contribution in [2.45, 2.75) is 25.3 Å². The molecule has 0 saturated carbocycles. The van der Waals surface area contributed by atoms with Crippen LogP contribution in [0.2, 0.25) is 0 Å². The van der Waals surface area contributed by atoms with Crippen LogP contribution in [0.1, 0.15) is 28.8 Å². The number of carbonyl (C=O) groups excluding carboxylic acids is 1. The van der Waals surface area contributed by atoms with E-state index in [-0.39, 0.29) is 5.56 Å². The first-order valence-corrected chi connectivity index (χ1v) is 10.7. The summed E-state index contributed by atoms with van der Waals surface area (Å²) in [7, 11) is 0. The van der Waals surface area contributed by atoms with E-state index in [9.17, 15) is 9.18 Å². The number of halogens is 1. The minimum Gasteiger partial charge on any atom is -0.371 e. The molecule has 2 aromatic carbocycles. The van der Waals surface area contributed by atoms with Gasteiger partial charge in [0.1, 0.15) is 5.82 Å². The number of carbonyl (C=O) groups is 1. The first-order chi connectivity index (χ1) is 15.2. The maximum Gasteiger partial charge on any atom is 0.258 e. The SMILES string of the molecule is O=C(Nc1ccc(N2CCC(NCCc3cccnc3)CC2)cc1)c1ccccc1F. The molecule has 0 atom stereocenters. The van der Waals surface area contributed by atoms with E-state index < -0.39 is 11.7 Å². The lowest BCUT2D eigenvalue weighted by Crippen LogP contribution is -2.43. The van der Waals surface area contributed by atoms with Crippen molar-refractivity contribution < 1.29 is 9.18 Å². The van der Waals surface area contributed by atoms with Gasteiger partial charge in [0.25, 0.3) is 5.91 Å². The molecule has 31 heavy (non-hydrogen) atoms. The van der Waals surface area contributed by atoms with E-state index in [4.69, 9.17) is 0 Å². The van der Waals surface area contributed by atoms with Gasteiger partial charge >= 0.3 is 0 Å². The van der Waals surface area contributed by atoms with Crippen molar-refractivity contribution in [2.24, 2.45) is 0 Å². The quantitative estimate of drug-likeness (QED) is 0.602. The van der Waals surface area contributed by atoms with Gasteiger partial charge in [0, 0.05) is 42.9 Å². The Hall–Kier alpha value is -3.25. The van der Waals surface area contributed by atoms with E-state index in [0.29, 0.717) is 11.7 Å². The van der Waals surface area contributed by atoms with E-state index in [1.54, 1.807) is 18.3 Å². The minimum absolute atomic E-state index is 0.0460. The molecule has 0 bridgehead atoms. The molecular formula is C25H27FN4O. The van der Waals surface area contributed by atoms with Crippen LogP contribution in [-0.4, -0.2) is 36.6 Å². The van der Waals surface area contributed by atoms with Crippen molar-refractivity contribution in [2.75, 3.05) is 29.9 Å². The second-order valence-electron chi connectivity index (χ2n) is 7.81. The molecule has 2 N–H and O–H groups in total. The maximum atomic E-state index is 13.8. The van der Waals surface area contributed by atoms with E-state index in [0.717, 1.165) is 44.6 Å². The van der Waals surface area contributed by atoms with Crippen LogP contribution in [0.5, 0.6) is 0 Å². The van der Waals surface area contributed by atoms with Gasteiger partial charge in [0.05, 0.1) is 5.56 Å². The summed E-state index contributed by atoms with van der Waals surface area (Å²) >= 11 is 0. The third kappa shape index (κ3) is 5.67. The summed E-state index contributed by atoms with van der Waals surface area (Å²) in [6.07, 6.45) is 6.91. The number of hydrogen-bond donors (Lipinski definition) is 2. The van der Waals surface area contributed by atoms with Crippen LogP contribution in [-0.2, 0) is 6.42 Å². The second-order valence-corrected chi connectivity index (χ2v) is 7.81. The number of hydrogen-bond acceptors (Lipinski definition) is 4. The number of anilines is 2. The maximum absolute atomic E-state index is 13.8. The van der Waals surface area contributed by atoms with Gasteiger partial charge in [0.2, 0.25) is 0 Å². The zero-order valence-corrected chi connectivity index (χ0v) is 17.4. The Balaban J connectivity index is 1.24. The molecule has 1 saturated heterocycles. The first kappa shape index (κ1) is 21.0. The van der Waals surface area contributed by atoms with Crippen molar-refractivity contribution in [3.05, 3.63) is 90.0 Å². The minimum atomic E-state index is -0.520. The fourth-order valence-corrected chi connectivity index (χ4v) is 3.91. The highest BCUT2D eigenvalue weighted by atomic mass is 19.1. The molecule has 0 unspecified atom stereocenters. The van der Waals surface area contributed by atoms with Crippen LogP contribution in [0, 0.1) is 5.82 Å². The number of pyridine rings is 1. The number of rotatable bonds is 7. The summed E-state index contributed by atoms with van der Waals surface area (Å²) < 4.78 is 13.8. The van der Waals surface area contributed by atoms with Gasteiger partial charge in [0.15, 0.2) is 0 Å². The van der Waals surface area contributed by atoms with Gasteiger partial charge < -0.3 is 15.5 Å². The Morgan fingerprint density at radius 3 is 2.52 bits per heavy atom. The Bertz CT molecular complexity index is 986. The summed E-state index contributed by atoms with van der Waals surface area (Å²) in [5.41, 5.74) is 3.10. The first-order valence-electron chi connectivity index (χ1n) is 10.7. The van der Waals surface area contributed by atoms with Crippen LogP contribution >= 0.6 is 0 Å². The van der Waals surface area contributed by atoms with Crippen molar-refractivity contribution >= 4 is 17.3 Å². The Labute approximate surface area is 182 Å². The molecule has 0 aliphatic carbocycles. The topological polar surface area (TPSA) is 57.3 Å². The van der Waals surface area contributed by atoms with Gasteiger partial charge in [-0.25, -0.2) is 4.39 Å². The third-order valence-corrected chi connectivity index (χ3v) is 5.67. The lowest BCUT2D eigenvalue weighted by atomic mass is 10.0. The fraction of sp³-hybridized carbons (Fsp3) is 0.280. The van der Waals surface area contributed by atoms with Gasteiger partial charge in [-0.1, -0.05) is 18.2 Å². The molecule has 6 heteroatoms. The molecule has 1 fully saturated rings. The highest BCUT2D eigenvalue weighted by Crippen LogP contribution is 2.22. The molecule has 1 amide bonds. The van der Waals surface area contributed by atoms with E-state index in [1.165, 1.54) is 17.7 Å². The molecule has 0 radical (unpaired) electrons. The normalized spacial score (nSPS) is 14.4. The van der Waals surface area contributed by atoms with E-state index in [2.05, 4.69) is 26.6 Å². The van der Waals surface area contributed by atoms with E-state index >= 15 is 0 Å². The Morgan fingerprint density at radius 1 is 1.03 bits per heavy atom. The van der Waals surface area contributed by atoms with Gasteiger partial charge in [-0.15, -0.1) is 0 Å². The fourth-order valence-electron chi connectivity index (χ4n) is 3.91. The molecule has 5 nitrogen and oxygen atoms in total. The van der Waals surface area contributed by atoms with Crippen LogP contribution in [0.15, 0.2) is 73.1 Å². The molecule has 2 heterocycles. The van der Waals surface area contributed by atoms with Gasteiger partial charge in [-0.2, -0.15) is 0 Å². The van der Waals surface area contributed by atoms with Crippen LogP contribution in [0.3, 0.4) is 0 Å². The molecule has 0 spiro atoms. The third-order valence-electron chi connectivity index (χ3n) is 5.67. The Kier molecular flexibility index (Phi) is 6.89. The van der Waals surface area contributed by atoms with Crippen molar-refractivity contribution in [3.63, 3.8) is 0 Å². The monoisotopic (exact) mass is 418 g/mol. The lowest BCUT2D eigenvalue weighted by Gasteiger charge is -2.34. The summed E-state index contributed by atoms with van der Waals surface area (Å²) in [6, 6.07) is 18.4. The van der Waals surface area contributed by atoms with Crippen LogP contribution in [0.4, 0.5) is 15.8 Å². The predicted molar refractivity (Wildman–Crippen MR) is 122 cm³/mol.